The molecular formula is C21H32N2O3. The zero-order valence-electron chi connectivity index (χ0n) is 16.4. The molecule has 0 N–H and O–H groups in total. The van der Waals surface area contributed by atoms with Crippen molar-refractivity contribution in [1.29, 1.82) is 0 Å². The van der Waals surface area contributed by atoms with Gasteiger partial charge in [0, 0.05) is 46.9 Å². The molecule has 0 radical (unpaired) electrons. The lowest BCUT2D eigenvalue weighted by Crippen LogP contribution is -2.64. The molecular weight excluding hydrogens is 328 g/mol. The summed E-state index contributed by atoms with van der Waals surface area (Å²) in [6, 6.07) is 8.80. The third kappa shape index (κ3) is 5.06. The van der Waals surface area contributed by atoms with Gasteiger partial charge in [-0.2, -0.15) is 0 Å². The molecule has 3 rings (SSSR count). The smallest absolute Gasteiger partial charge is 0.248 e. The van der Waals surface area contributed by atoms with Gasteiger partial charge in [-0.05, 0) is 37.7 Å². The molecule has 1 atom stereocenters. The fraction of sp³-hybridized carbons (Fsp3) is 0.667. The van der Waals surface area contributed by atoms with Crippen LogP contribution in [0.25, 0.3) is 0 Å². The molecule has 1 aromatic rings. The highest BCUT2D eigenvalue weighted by molar-refractivity contribution is 5.76. The number of amides is 1. The molecule has 2 fully saturated rings. The Morgan fingerprint density at radius 3 is 2.73 bits per heavy atom. The molecule has 144 valence electrons. The predicted molar refractivity (Wildman–Crippen MR) is 102 cm³/mol. The predicted octanol–water partition coefficient (Wildman–Crippen LogP) is 2.47. The van der Waals surface area contributed by atoms with Gasteiger partial charge in [-0.15, -0.1) is 0 Å². The fourth-order valence-electron chi connectivity index (χ4n) is 3.97. The topological polar surface area (TPSA) is 42.0 Å². The second-order valence-corrected chi connectivity index (χ2v) is 8.15. The Morgan fingerprint density at radius 1 is 1.31 bits per heavy atom. The number of likely N-dealkylation sites (tertiary alicyclic amines) is 1. The minimum absolute atomic E-state index is 0.0270. The lowest BCUT2D eigenvalue weighted by Gasteiger charge is -2.53. The van der Waals surface area contributed by atoms with Crippen molar-refractivity contribution in [2.75, 3.05) is 47.0 Å². The monoisotopic (exact) mass is 360 g/mol. The summed E-state index contributed by atoms with van der Waals surface area (Å²) >= 11 is 0. The second kappa shape index (κ2) is 8.51. The molecule has 1 unspecified atom stereocenters. The van der Waals surface area contributed by atoms with E-state index in [9.17, 15) is 4.79 Å². The number of hydrogen-bond acceptors (Lipinski definition) is 4. The van der Waals surface area contributed by atoms with Crippen LogP contribution in [0.5, 0.6) is 0 Å². The number of likely N-dealkylation sites (N-methyl/N-ethyl adjacent to an activating group) is 1. The molecule has 0 saturated carbocycles. The summed E-state index contributed by atoms with van der Waals surface area (Å²) in [5, 5.41) is 0. The van der Waals surface area contributed by atoms with E-state index >= 15 is 0 Å². The average molecular weight is 360 g/mol. The SMILES string of the molecule is Cc1ccc(CN2CC3(CC(CCOCC(=O)N(C)C)CCO3)C2)cc1. The van der Waals surface area contributed by atoms with Gasteiger partial charge in [-0.25, -0.2) is 0 Å². The van der Waals surface area contributed by atoms with E-state index in [1.807, 2.05) is 0 Å². The lowest BCUT2D eigenvalue weighted by atomic mass is 9.79. The largest absolute Gasteiger partial charge is 0.372 e. The van der Waals surface area contributed by atoms with Gasteiger partial charge in [0.2, 0.25) is 5.91 Å². The second-order valence-electron chi connectivity index (χ2n) is 8.15. The first kappa shape index (κ1) is 19.3. The maximum absolute atomic E-state index is 11.5. The number of hydrogen-bond donors (Lipinski definition) is 0. The molecule has 2 aliphatic heterocycles. The Bertz CT molecular complexity index is 594. The van der Waals surface area contributed by atoms with Crippen LogP contribution in [-0.4, -0.2) is 68.3 Å². The first-order chi connectivity index (χ1) is 12.5. The van der Waals surface area contributed by atoms with Gasteiger partial charge >= 0.3 is 0 Å². The van der Waals surface area contributed by atoms with Crippen LogP contribution in [0.4, 0.5) is 0 Å². The zero-order valence-corrected chi connectivity index (χ0v) is 16.4. The Kier molecular flexibility index (Phi) is 6.33. The van der Waals surface area contributed by atoms with Crippen molar-refractivity contribution in [2.45, 2.75) is 38.3 Å². The standard InChI is InChI=1S/C21H32N2O3/c1-17-4-6-19(7-5-17)13-23-15-21(16-23)12-18(9-11-26-21)8-10-25-14-20(24)22(2)3/h4-7,18H,8-16H2,1-3H3. The molecule has 1 amide bonds. The normalized spacial score (nSPS) is 22.2. The van der Waals surface area contributed by atoms with Crippen molar-refractivity contribution < 1.29 is 14.3 Å². The molecule has 1 aromatic carbocycles. The van der Waals surface area contributed by atoms with Gasteiger partial charge in [-0.1, -0.05) is 29.8 Å². The highest BCUT2D eigenvalue weighted by atomic mass is 16.5. The number of nitrogens with zero attached hydrogens (tertiary/aromatic N) is 2. The van der Waals surface area contributed by atoms with Crippen LogP contribution in [0.15, 0.2) is 24.3 Å². The molecule has 26 heavy (non-hydrogen) atoms. The maximum Gasteiger partial charge on any atom is 0.248 e. The summed E-state index contributed by atoms with van der Waals surface area (Å²) in [7, 11) is 3.51. The summed E-state index contributed by atoms with van der Waals surface area (Å²) in [5.74, 6) is 0.666. The van der Waals surface area contributed by atoms with Crippen LogP contribution >= 0.6 is 0 Å². The summed E-state index contributed by atoms with van der Waals surface area (Å²) in [6.45, 7) is 6.87. The third-order valence-corrected chi connectivity index (χ3v) is 5.54. The molecule has 5 nitrogen and oxygen atoms in total. The number of aryl methyl sites for hydroxylation is 1. The first-order valence-corrected chi connectivity index (χ1v) is 9.65. The van der Waals surface area contributed by atoms with Crippen molar-refractivity contribution >= 4 is 5.91 Å². The van der Waals surface area contributed by atoms with E-state index in [2.05, 4.69) is 36.1 Å². The van der Waals surface area contributed by atoms with E-state index < -0.39 is 0 Å². The van der Waals surface area contributed by atoms with Gasteiger partial charge in [0.05, 0.1) is 5.60 Å². The molecule has 2 heterocycles. The van der Waals surface area contributed by atoms with Crippen molar-refractivity contribution in [3.8, 4) is 0 Å². The first-order valence-electron chi connectivity index (χ1n) is 9.65. The summed E-state index contributed by atoms with van der Waals surface area (Å²) < 4.78 is 11.7. The fourth-order valence-corrected chi connectivity index (χ4v) is 3.97. The Morgan fingerprint density at radius 2 is 2.04 bits per heavy atom. The number of rotatable bonds is 7. The molecule has 2 saturated heterocycles. The van der Waals surface area contributed by atoms with Crippen LogP contribution in [-0.2, 0) is 20.8 Å². The maximum atomic E-state index is 11.5. The summed E-state index contributed by atoms with van der Waals surface area (Å²) in [4.78, 5) is 15.6. The third-order valence-electron chi connectivity index (χ3n) is 5.54. The molecule has 2 aliphatic rings. The number of ether oxygens (including phenoxy) is 2. The molecule has 0 aromatic heterocycles. The lowest BCUT2D eigenvalue weighted by molar-refractivity contribution is -0.182. The van der Waals surface area contributed by atoms with Crippen molar-refractivity contribution in [2.24, 2.45) is 5.92 Å². The molecule has 0 aliphatic carbocycles. The molecule has 1 spiro atoms. The molecule has 5 heteroatoms. The van der Waals surface area contributed by atoms with Gasteiger partial charge in [-0.3, -0.25) is 9.69 Å². The van der Waals surface area contributed by atoms with Crippen molar-refractivity contribution in [3.05, 3.63) is 35.4 Å². The van der Waals surface area contributed by atoms with Crippen molar-refractivity contribution in [3.63, 3.8) is 0 Å². The van der Waals surface area contributed by atoms with E-state index in [0.717, 1.165) is 45.5 Å². The minimum Gasteiger partial charge on any atom is -0.372 e. The zero-order chi connectivity index (χ0) is 18.6. The van der Waals surface area contributed by atoms with E-state index in [-0.39, 0.29) is 18.1 Å². The molecule has 0 bridgehead atoms. The van der Waals surface area contributed by atoms with Gasteiger partial charge < -0.3 is 14.4 Å². The highest BCUT2D eigenvalue weighted by Gasteiger charge is 2.47. The summed E-state index contributed by atoms with van der Waals surface area (Å²) in [6.07, 6.45) is 3.23. The Labute approximate surface area is 157 Å². The Balaban J connectivity index is 1.37. The average Bonchev–Trinajstić information content (AvgIpc) is 2.59. The summed E-state index contributed by atoms with van der Waals surface area (Å²) in [5.41, 5.74) is 2.73. The van der Waals surface area contributed by atoms with E-state index in [1.165, 1.54) is 11.1 Å². The van der Waals surface area contributed by atoms with Crippen LogP contribution in [0.1, 0.15) is 30.4 Å². The van der Waals surface area contributed by atoms with Crippen LogP contribution < -0.4 is 0 Å². The minimum atomic E-state index is 0.0270. The number of benzene rings is 1. The number of carbonyl (C=O) groups is 1. The van der Waals surface area contributed by atoms with Crippen LogP contribution in [0, 0.1) is 12.8 Å². The number of carbonyl (C=O) groups excluding carboxylic acids is 1. The van der Waals surface area contributed by atoms with E-state index in [1.54, 1.807) is 19.0 Å². The van der Waals surface area contributed by atoms with Crippen LogP contribution in [0.2, 0.25) is 0 Å². The quantitative estimate of drug-likeness (QED) is 0.701. The van der Waals surface area contributed by atoms with Crippen molar-refractivity contribution in [1.82, 2.24) is 9.80 Å². The Hall–Kier alpha value is -1.43. The van der Waals surface area contributed by atoms with Crippen LogP contribution in [0.3, 0.4) is 0 Å². The van der Waals surface area contributed by atoms with Gasteiger partial charge in [0.15, 0.2) is 0 Å². The van der Waals surface area contributed by atoms with E-state index in [4.69, 9.17) is 9.47 Å². The van der Waals surface area contributed by atoms with E-state index in [0.29, 0.717) is 12.5 Å². The van der Waals surface area contributed by atoms with Gasteiger partial charge in [0.1, 0.15) is 6.61 Å². The van der Waals surface area contributed by atoms with Gasteiger partial charge in [0.25, 0.3) is 0 Å². The highest BCUT2D eigenvalue weighted by Crippen LogP contribution is 2.38.